The third kappa shape index (κ3) is 5.28. The van der Waals surface area contributed by atoms with Crippen LogP contribution in [0.25, 0.3) is 0 Å². The second-order valence-corrected chi connectivity index (χ2v) is 4.88. The lowest BCUT2D eigenvalue weighted by Crippen LogP contribution is -2.38. The van der Waals surface area contributed by atoms with Gasteiger partial charge in [-0.05, 0) is 24.8 Å². The van der Waals surface area contributed by atoms with E-state index in [1.54, 1.807) is 0 Å². The fraction of sp³-hybridized carbons (Fsp3) is 0.600. The molecule has 2 N–H and O–H groups in total. The molecule has 0 amide bonds. The zero-order valence-electron chi connectivity index (χ0n) is 11.3. The third-order valence-electron chi connectivity index (χ3n) is 3.28. The highest BCUT2D eigenvalue weighted by Gasteiger charge is 2.16. The summed E-state index contributed by atoms with van der Waals surface area (Å²) in [6.45, 7) is 2.07. The standard InChI is InChI=1S/C15H23NO3/c17-11-14(12-19-15-8-4-5-9-18-15)16-10-13-6-2-1-3-7-13/h1-3,6-7,14-17H,4-5,8-12H2/t14-,15?/m0/s1. The average molecular weight is 265 g/mol. The Morgan fingerprint density at radius 3 is 2.84 bits per heavy atom. The van der Waals surface area contributed by atoms with Gasteiger partial charge in [-0.15, -0.1) is 0 Å². The Kier molecular flexibility index (Phi) is 6.30. The summed E-state index contributed by atoms with van der Waals surface area (Å²) in [7, 11) is 0. The number of hydrogen-bond acceptors (Lipinski definition) is 4. The molecule has 1 aromatic carbocycles. The van der Waals surface area contributed by atoms with Crippen LogP contribution in [0.5, 0.6) is 0 Å². The van der Waals surface area contributed by atoms with Gasteiger partial charge in [0, 0.05) is 13.2 Å². The quantitative estimate of drug-likeness (QED) is 0.787. The van der Waals surface area contributed by atoms with Gasteiger partial charge in [0.2, 0.25) is 0 Å². The van der Waals surface area contributed by atoms with E-state index in [4.69, 9.17) is 9.47 Å². The molecule has 1 fully saturated rings. The Morgan fingerprint density at radius 2 is 2.16 bits per heavy atom. The Labute approximate surface area is 114 Å². The first-order chi connectivity index (χ1) is 9.38. The molecule has 19 heavy (non-hydrogen) atoms. The predicted octanol–water partition coefficient (Wildman–Crippen LogP) is 1.68. The van der Waals surface area contributed by atoms with Gasteiger partial charge in [-0.1, -0.05) is 30.3 Å². The van der Waals surface area contributed by atoms with Crippen LogP contribution in [-0.2, 0) is 16.0 Å². The molecule has 0 spiro atoms. The van der Waals surface area contributed by atoms with Crippen molar-refractivity contribution in [2.24, 2.45) is 0 Å². The minimum atomic E-state index is -0.0960. The third-order valence-corrected chi connectivity index (χ3v) is 3.28. The minimum Gasteiger partial charge on any atom is -0.395 e. The summed E-state index contributed by atoms with van der Waals surface area (Å²) in [5, 5.41) is 12.6. The van der Waals surface area contributed by atoms with Crippen molar-refractivity contribution in [2.75, 3.05) is 19.8 Å². The largest absolute Gasteiger partial charge is 0.395 e. The predicted molar refractivity (Wildman–Crippen MR) is 73.7 cm³/mol. The number of hydrogen-bond donors (Lipinski definition) is 2. The molecule has 0 radical (unpaired) electrons. The van der Waals surface area contributed by atoms with E-state index in [-0.39, 0.29) is 18.9 Å². The van der Waals surface area contributed by atoms with Gasteiger partial charge in [-0.3, -0.25) is 0 Å². The first-order valence-electron chi connectivity index (χ1n) is 7.00. The number of aliphatic hydroxyl groups excluding tert-OH is 1. The molecule has 4 nitrogen and oxygen atoms in total. The van der Waals surface area contributed by atoms with Crippen LogP contribution in [0.1, 0.15) is 24.8 Å². The highest BCUT2D eigenvalue weighted by atomic mass is 16.7. The van der Waals surface area contributed by atoms with Gasteiger partial charge in [0.25, 0.3) is 0 Å². The summed E-state index contributed by atoms with van der Waals surface area (Å²) < 4.78 is 11.2. The van der Waals surface area contributed by atoms with Crippen molar-refractivity contribution in [3.63, 3.8) is 0 Å². The molecule has 1 saturated heterocycles. The van der Waals surface area contributed by atoms with Gasteiger partial charge >= 0.3 is 0 Å². The fourth-order valence-corrected chi connectivity index (χ4v) is 2.10. The lowest BCUT2D eigenvalue weighted by Gasteiger charge is -2.25. The summed E-state index contributed by atoms with van der Waals surface area (Å²) in [4.78, 5) is 0. The molecular formula is C15H23NO3. The first-order valence-corrected chi connectivity index (χ1v) is 7.00. The molecule has 0 aromatic heterocycles. The van der Waals surface area contributed by atoms with E-state index in [0.717, 1.165) is 32.4 Å². The lowest BCUT2D eigenvalue weighted by molar-refractivity contribution is -0.167. The van der Waals surface area contributed by atoms with E-state index < -0.39 is 0 Å². The van der Waals surface area contributed by atoms with E-state index in [1.807, 2.05) is 18.2 Å². The average Bonchev–Trinajstić information content (AvgIpc) is 2.49. The maximum absolute atomic E-state index is 9.35. The van der Waals surface area contributed by atoms with Crippen LogP contribution >= 0.6 is 0 Å². The highest BCUT2D eigenvalue weighted by molar-refractivity contribution is 5.14. The monoisotopic (exact) mass is 265 g/mol. The highest BCUT2D eigenvalue weighted by Crippen LogP contribution is 2.13. The van der Waals surface area contributed by atoms with Crippen LogP contribution in [-0.4, -0.2) is 37.3 Å². The Balaban J connectivity index is 1.67. The van der Waals surface area contributed by atoms with Crippen LogP contribution in [0.3, 0.4) is 0 Å². The van der Waals surface area contributed by atoms with Gasteiger partial charge in [-0.25, -0.2) is 0 Å². The zero-order chi connectivity index (χ0) is 13.3. The summed E-state index contributed by atoms with van der Waals surface area (Å²) in [6, 6.07) is 10.1. The molecule has 1 aliphatic heterocycles. The van der Waals surface area contributed by atoms with E-state index in [0.29, 0.717) is 6.61 Å². The van der Waals surface area contributed by atoms with Crippen molar-refractivity contribution >= 4 is 0 Å². The van der Waals surface area contributed by atoms with E-state index >= 15 is 0 Å². The van der Waals surface area contributed by atoms with Crippen LogP contribution in [0.4, 0.5) is 0 Å². The van der Waals surface area contributed by atoms with E-state index in [2.05, 4.69) is 17.4 Å². The molecule has 2 atom stereocenters. The summed E-state index contributed by atoms with van der Waals surface area (Å²) >= 11 is 0. The molecule has 0 bridgehead atoms. The van der Waals surface area contributed by atoms with Crippen molar-refractivity contribution in [2.45, 2.75) is 38.1 Å². The molecule has 1 aromatic rings. The minimum absolute atomic E-state index is 0.0502. The Bertz CT molecular complexity index is 339. The smallest absolute Gasteiger partial charge is 0.157 e. The molecule has 1 heterocycles. The molecule has 4 heteroatoms. The number of nitrogens with one attached hydrogen (secondary N) is 1. The first kappa shape index (κ1) is 14.5. The van der Waals surface area contributed by atoms with Crippen molar-refractivity contribution in [3.05, 3.63) is 35.9 Å². The number of ether oxygens (including phenoxy) is 2. The summed E-state index contributed by atoms with van der Waals surface area (Å²) in [5.41, 5.74) is 1.20. The maximum atomic E-state index is 9.35. The molecular weight excluding hydrogens is 242 g/mol. The van der Waals surface area contributed by atoms with Crippen LogP contribution in [0.15, 0.2) is 30.3 Å². The van der Waals surface area contributed by atoms with E-state index in [1.165, 1.54) is 5.56 Å². The normalized spacial score (nSPS) is 21.2. The molecule has 106 valence electrons. The van der Waals surface area contributed by atoms with Crippen LogP contribution < -0.4 is 5.32 Å². The van der Waals surface area contributed by atoms with Gasteiger partial charge in [-0.2, -0.15) is 0 Å². The number of benzene rings is 1. The van der Waals surface area contributed by atoms with Gasteiger partial charge < -0.3 is 19.9 Å². The molecule has 1 unspecified atom stereocenters. The second-order valence-electron chi connectivity index (χ2n) is 4.88. The number of aliphatic hydroxyl groups is 1. The van der Waals surface area contributed by atoms with Gasteiger partial charge in [0.1, 0.15) is 0 Å². The fourth-order valence-electron chi connectivity index (χ4n) is 2.10. The Hall–Kier alpha value is -0.940. The number of rotatable bonds is 7. The van der Waals surface area contributed by atoms with Crippen molar-refractivity contribution < 1.29 is 14.6 Å². The van der Waals surface area contributed by atoms with Gasteiger partial charge in [0.15, 0.2) is 6.29 Å². The second kappa shape index (κ2) is 8.27. The maximum Gasteiger partial charge on any atom is 0.157 e. The molecule has 1 aliphatic rings. The molecule has 0 aliphatic carbocycles. The van der Waals surface area contributed by atoms with Crippen molar-refractivity contribution in [3.8, 4) is 0 Å². The molecule has 2 rings (SSSR count). The zero-order valence-corrected chi connectivity index (χ0v) is 11.3. The summed E-state index contributed by atoms with van der Waals surface area (Å²) in [5.74, 6) is 0. The van der Waals surface area contributed by atoms with E-state index in [9.17, 15) is 5.11 Å². The molecule has 0 saturated carbocycles. The Morgan fingerprint density at radius 1 is 1.32 bits per heavy atom. The summed E-state index contributed by atoms with van der Waals surface area (Å²) in [6.07, 6.45) is 3.14. The van der Waals surface area contributed by atoms with Gasteiger partial charge in [0.05, 0.1) is 19.3 Å². The lowest BCUT2D eigenvalue weighted by atomic mass is 10.2. The van der Waals surface area contributed by atoms with Crippen molar-refractivity contribution in [1.29, 1.82) is 0 Å². The SMILES string of the molecule is OC[C@@H](COC1CCCCO1)NCc1ccccc1. The van der Waals surface area contributed by atoms with Crippen LogP contribution in [0, 0.1) is 0 Å². The topological polar surface area (TPSA) is 50.7 Å². The van der Waals surface area contributed by atoms with Crippen LogP contribution in [0.2, 0.25) is 0 Å². The van der Waals surface area contributed by atoms with Crippen molar-refractivity contribution in [1.82, 2.24) is 5.32 Å².